The van der Waals surface area contributed by atoms with Crippen molar-refractivity contribution in [1.29, 1.82) is 0 Å². The second-order valence-electron chi connectivity index (χ2n) is 19.6. The van der Waals surface area contributed by atoms with Crippen molar-refractivity contribution in [1.82, 2.24) is 29.4 Å². The zero-order valence-corrected chi connectivity index (χ0v) is 43.3. The molecule has 9 heteroatoms. The van der Waals surface area contributed by atoms with Crippen molar-refractivity contribution in [2.45, 2.75) is 39.3 Å². The van der Waals surface area contributed by atoms with Crippen LogP contribution in [-0.2, 0) is 39.3 Å². The van der Waals surface area contributed by atoms with E-state index in [1.807, 2.05) is 0 Å². The Kier molecular flexibility index (Phi) is 14.4. The van der Waals surface area contributed by atoms with Crippen LogP contribution < -0.4 is 31.1 Å². The summed E-state index contributed by atoms with van der Waals surface area (Å²) in [7, 11) is 17.7. The molecule has 1 heterocycles. The molecule has 0 aliphatic carbocycles. The Labute approximate surface area is 382 Å². The molecule has 0 bridgehead atoms. The summed E-state index contributed by atoms with van der Waals surface area (Å²) in [5.41, 5.74) is 8.86. The summed E-state index contributed by atoms with van der Waals surface area (Å²) in [6.45, 7) is 5.29. The van der Waals surface area contributed by atoms with Crippen molar-refractivity contribution in [3.05, 3.63) is 179 Å². The zero-order chi connectivity index (χ0) is 45.1. The monoisotopic (exact) mass is 889 g/mol. The molecule has 7 rings (SSSR count). The topological polar surface area (TPSA) is 19.4 Å². The predicted octanol–water partition coefficient (Wildman–Crippen LogP) is 4.39. The minimum Gasteiger partial charge on any atom is -0.305 e. The Morgan fingerprint density at radius 1 is 0.222 bits per heavy atom. The third-order valence-corrected chi connectivity index (χ3v) is 59.3. The van der Waals surface area contributed by atoms with E-state index < -0.39 is 21.3 Å². The summed E-state index contributed by atoms with van der Waals surface area (Å²) < 4.78 is 0. The fourth-order valence-corrected chi connectivity index (χ4v) is 85.9. The van der Waals surface area contributed by atoms with Gasteiger partial charge in [0.05, 0.1) is 0 Å². The fraction of sp³-hybridized carbons (Fsp3) is 0.333. The first kappa shape index (κ1) is 46.7. The quantitative estimate of drug-likeness (QED) is 0.119. The third-order valence-electron chi connectivity index (χ3n) is 13.1. The lowest BCUT2D eigenvalue weighted by Crippen LogP contribution is -2.68. The highest BCUT2D eigenvalue weighted by molar-refractivity contribution is 8.27. The summed E-state index contributed by atoms with van der Waals surface area (Å²) in [4.78, 5) is 14.4. The molecule has 1 saturated heterocycles. The van der Waals surface area contributed by atoms with E-state index in [1.165, 1.54) is 33.4 Å². The number of hydrogen-bond donors (Lipinski definition) is 0. The maximum absolute atomic E-state index is 3.13. The maximum Gasteiger partial charge on any atom is 0.122 e. The second kappa shape index (κ2) is 19.5. The average molecular weight is 889 g/mol. The maximum atomic E-state index is 2.64. The van der Waals surface area contributed by atoms with Crippen LogP contribution in [0.3, 0.4) is 0 Å². The van der Waals surface area contributed by atoms with Crippen molar-refractivity contribution in [3.8, 4) is 0 Å². The summed E-state index contributed by atoms with van der Waals surface area (Å²) in [5.74, 6) is 0. The molecule has 0 N–H and O–H groups in total. The van der Waals surface area contributed by atoms with Crippen LogP contribution in [0.4, 0.5) is 0 Å². The van der Waals surface area contributed by atoms with E-state index in [0.717, 1.165) is 39.3 Å². The Morgan fingerprint density at radius 3 is 0.476 bits per heavy atom. The summed E-state index contributed by atoms with van der Waals surface area (Å²) >= 11 is 0. The number of hydrogen-bond acceptors (Lipinski definition) is 6. The van der Waals surface area contributed by atoms with Crippen LogP contribution in [0.15, 0.2) is 146 Å². The lowest BCUT2D eigenvalue weighted by Gasteiger charge is -2.33. The smallest absolute Gasteiger partial charge is 0.122 e. The van der Waals surface area contributed by atoms with Crippen molar-refractivity contribution in [2.75, 3.05) is 84.6 Å². The Bertz CT molecular complexity index is 2050. The number of rotatable bonds is 18. The molecule has 0 spiro atoms. The van der Waals surface area contributed by atoms with Crippen LogP contribution in [0, 0.1) is 0 Å². The van der Waals surface area contributed by atoms with E-state index >= 15 is 0 Å². The first-order chi connectivity index (χ1) is 30.2. The van der Waals surface area contributed by atoms with Gasteiger partial charge in [-0.3, -0.25) is 0 Å². The van der Waals surface area contributed by atoms with Crippen LogP contribution in [0.2, 0.25) is 0 Å². The van der Waals surface area contributed by atoms with Gasteiger partial charge >= 0.3 is 0 Å². The van der Waals surface area contributed by atoms with Crippen molar-refractivity contribution >= 4 is 52.4 Å². The SMILES string of the molecule is CN(C)Cc1ccccc1[Si]1(c2ccccc2CN(C)C)[Si](c2ccccc2CN(C)C)(c2ccccc2CN(C)C)[Si]1(c1ccccc1CN(C)C)c1ccccc1CN(C)C. The van der Waals surface area contributed by atoms with Gasteiger partial charge in [-0.1, -0.05) is 177 Å². The van der Waals surface area contributed by atoms with Gasteiger partial charge in [0.1, 0.15) is 21.3 Å². The van der Waals surface area contributed by atoms with Gasteiger partial charge in [-0.25, -0.2) is 0 Å². The van der Waals surface area contributed by atoms with Gasteiger partial charge in [0, 0.05) is 39.3 Å². The summed E-state index contributed by atoms with van der Waals surface area (Å²) in [5, 5.41) is 9.84. The fourth-order valence-electron chi connectivity index (χ4n) is 11.6. The molecule has 63 heavy (non-hydrogen) atoms. The molecule has 0 unspecified atom stereocenters. The third kappa shape index (κ3) is 8.33. The van der Waals surface area contributed by atoms with E-state index in [2.05, 4.69) is 260 Å². The van der Waals surface area contributed by atoms with Crippen LogP contribution >= 0.6 is 0 Å². The molecule has 0 atom stereocenters. The van der Waals surface area contributed by atoms with Gasteiger partial charge in [-0.2, -0.15) is 0 Å². The van der Waals surface area contributed by atoms with E-state index in [4.69, 9.17) is 0 Å². The minimum atomic E-state index is -3.13. The van der Waals surface area contributed by atoms with Crippen LogP contribution in [0.25, 0.3) is 0 Å². The lowest BCUT2D eigenvalue weighted by atomic mass is 10.2. The van der Waals surface area contributed by atoms with Gasteiger partial charge in [-0.05, 0) is 118 Å². The predicted molar refractivity (Wildman–Crippen MR) is 278 cm³/mol. The molecule has 0 radical (unpaired) electrons. The standard InChI is InChI=1S/C54H72N6Si3/c1-55(2)37-43-25-13-19-31-49(43)61(50-32-20-14-26-44(50)38-56(3)4)62(51-33-21-15-27-45(51)39-57(5)6,52-34-22-16-28-46(52)40-58(7)8)63(61,53-35-23-17-29-47(53)41-59(9)10)54-36-24-18-30-48(54)42-60(11)12/h13-36H,37-42H2,1-12H3. The molecule has 0 saturated carbocycles. The van der Waals surface area contributed by atoms with Crippen molar-refractivity contribution < 1.29 is 0 Å². The lowest BCUT2D eigenvalue weighted by molar-refractivity contribution is 0.403. The molecule has 330 valence electrons. The molecule has 6 aromatic rings. The highest BCUT2D eigenvalue weighted by Crippen LogP contribution is 2.52. The summed E-state index contributed by atoms with van der Waals surface area (Å²) in [6, 6.07) is 59.0. The van der Waals surface area contributed by atoms with E-state index in [9.17, 15) is 0 Å². The van der Waals surface area contributed by atoms with Crippen molar-refractivity contribution in [3.63, 3.8) is 0 Å². The Hall–Kier alpha value is -4.27. The van der Waals surface area contributed by atoms with Gasteiger partial charge < -0.3 is 29.4 Å². The molecular formula is C54H72N6Si3. The van der Waals surface area contributed by atoms with Crippen molar-refractivity contribution in [2.24, 2.45) is 0 Å². The number of benzene rings is 6. The van der Waals surface area contributed by atoms with Gasteiger partial charge in [0.2, 0.25) is 0 Å². The first-order valence-corrected chi connectivity index (χ1v) is 31.6. The van der Waals surface area contributed by atoms with Crippen LogP contribution in [-0.4, -0.2) is 135 Å². The molecule has 6 nitrogen and oxygen atoms in total. The number of nitrogens with zero attached hydrogens (tertiary/aromatic N) is 6. The molecule has 1 fully saturated rings. The molecule has 6 aromatic carbocycles. The molecule has 0 amide bonds. The first-order valence-electron chi connectivity index (χ1n) is 22.6. The van der Waals surface area contributed by atoms with E-state index in [1.54, 1.807) is 31.1 Å². The average Bonchev–Trinajstić information content (AvgIpc) is 3.79. The molecule has 0 aromatic heterocycles. The van der Waals surface area contributed by atoms with Crippen LogP contribution in [0.1, 0.15) is 33.4 Å². The van der Waals surface area contributed by atoms with Gasteiger partial charge in [-0.15, -0.1) is 0 Å². The highest BCUT2D eigenvalue weighted by atomic mass is 30.2. The zero-order valence-electron chi connectivity index (χ0n) is 40.3. The minimum absolute atomic E-state index is 0.882. The van der Waals surface area contributed by atoms with Gasteiger partial charge in [0.15, 0.2) is 0 Å². The molecule has 1 aliphatic heterocycles. The Morgan fingerprint density at radius 2 is 0.349 bits per heavy atom. The van der Waals surface area contributed by atoms with E-state index in [-0.39, 0.29) is 0 Å². The highest BCUT2D eigenvalue weighted by Gasteiger charge is 2.95. The Balaban J connectivity index is 1.93. The second-order valence-corrected chi connectivity index (χ2v) is 45.4. The summed E-state index contributed by atoms with van der Waals surface area (Å²) in [6.07, 6.45) is 0. The molecule has 1 aliphatic rings. The normalized spacial score (nSPS) is 15.3. The van der Waals surface area contributed by atoms with E-state index in [0.29, 0.717) is 0 Å². The largest absolute Gasteiger partial charge is 0.305 e. The van der Waals surface area contributed by atoms with Crippen LogP contribution in [0.5, 0.6) is 0 Å². The van der Waals surface area contributed by atoms with Gasteiger partial charge in [0.25, 0.3) is 0 Å². The molecular weight excluding hydrogens is 817 g/mol.